The van der Waals surface area contributed by atoms with Crippen molar-refractivity contribution in [3.8, 4) is 0 Å². The maximum Gasteiger partial charge on any atom is 0.373 e. The predicted molar refractivity (Wildman–Crippen MR) is 56.9 cm³/mol. The van der Waals surface area contributed by atoms with Gasteiger partial charge in [-0.1, -0.05) is 0 Å². The van der Waals surface area contributed by atoms with Crippen LogP contribution in [0, 0.1) is 0 Å². The van der Waals surface area contributed by atoms with Crippen LogP contribution in [-0.4, -0.2) is 27.1 Å². The molecule has 0 radical (unpaired) electrons. The van der Waals surface area contributed by atoms with Crippen molar-refractivity contribution >= 4 is 30.0 Å². The highest BCUT2D eigenvalue weighted by atomic mass is 16.2. The van der Waals surface area contributed by atoms with Crippen LogP contribution in [0.2, 0.25) is 0 Å². The summed E-state index contributed by atoms with van der Waals surface area (Å²) in [5.41, 5.74) is 23.9. The van der Waals surface area contributed by atoms with Crippen molar-refractivity contribution in [2.45, 2.75) is 0 Å². The van der Waals surface area contributed by atoms with E-state index in [0.29, 0.717) is 0 Å². The summed E-state index contributed by atoms with van der Waals surface area (Å²) in [7, 11) is 0. The van der Waals surface area contributed by atoms with E-state index in [1.165, 1.54) is 0 Å². The average Bonchev–Trinajstić information content (AvgIpc) is 2.00. The lowest BCUT2D eigenvalue weighted by Gasteiger charge is -1.93. The zero-order chi connectivity index (χ0) is 13.1. The summed E-state index contributed by atoms with van der Waals surface area (Å²) < 4.78 is 0. The molecule has 12 heteroatoms. The molecule has 0 fully saturated rings. The van der Waals surface area contributed by atoms with Gasteiger partial charge in [-0.15, -0.1) is 0 Å². The highest BCUT2D eigenvalue weighted by Gasteiger charge is 1.93. The van der Waals surface area contributed by atoms with Gasteiger partial charge in [-0.05, 0) is 0 Å². The van der Waals surface area contributed by atoms with Gasteiger partial charge in [-0.3, -0.25) is 0 Å². The van der Waals surface area contributed by atoms with Crippen LogP contribution in [0.15, 0.2) is 0 Å². The van der Waals surface area contributed by atoms with Crippen molar-refractivity contribution in [2.24, 2.45) is 11.5 Å². The molecular weight excluding hydrogens is 234 g/mol. The maximum atomic E-state index is 9.00. The molecule has 12 nitrogen and oxygen atoms in total. The first-order valence-corrected chi connectivity index (χ1v) is 3.40. The van der Waals surface area contributed by atoms with E-state index in [1.54, 1.807) is 0 Å². The zero-order valence-electron chi connectivity index (χ0n) is 8.66. The topological polar surface area (TPSA) is 255 Å². The Balaban J connectivity index is -0.000000210. The second kappa shape index (κ2) is 11.1. The number of aromatic nitrogens is 3. The van der Waals surface area contributed by atoms with Crippen molar-refractivity contribution in [1.82, 2.24) is 21.1 Å². The van der Waals surface area contributed by atoms with E-state index in [1.807, 2.05) is 0 Å². The number of amides is 2. The molecule has 0 aliphatic heterocycles. The molecule has 1 aromatic rings. The molecule has 0 spiro atoms. The molecule has 0 atom stereocenters. The van der Waals surface area contributed by atoms with Gasteiger partial charge >= 0.3 is 12.2 Å². The van der Waals surface area contributed by atoms with Gasteiger partial charge in [-0.25, -0.2) is 4.79 Å². The first-order chi connectivity index (χ1) is 7.33. The van der Waals surface area contributed by atoms with E-state index in [0.717, 1.165) is 0 Å². The molecule has 2 amide bonds. The number of nitrogen functional groups attached to an aromatic ring is 3. The van der Waals surface area contributed by atoms with Gasteiger partial charge in [0.2, 0.25) is 17.8 Å². The summed E-state index contributed by atoms with van der Waals surface area (Å²) >= 11 is 0. The Labute approximate surface area is 95.2 Å². The van der Waals surface area contributed by atoms with Crippen molar-refractivity contribution < 1.29 is 14.4 Å². The van der Waals surface area contributed by atoms with Gasteiger partial charge in [0, 0.05) is 0 Å². The minimum Gasteiger partial charge on any atom is -0.368 e. The Hall–Kier alpha value is -2.98. The molecule has 0 aliphatic carbocycles. The molecule has 1 aromatic heterocycles. The number of hydrogen-bond donors (Lipinski definition) is 6. The van der Waals surface area contributed by atoms with Crippen LogP contribution in [0.5, 0.6) is 0 Å². The van der Waals surface area contributed by atoms with E-state index in [9.17, 15) is 0 Å². The van der Waals surface area contributed by atoms with Crippen LogP contribution in [0.1, 0.15) is 0 Å². The quantitative estimate of drug-likeness (QED) is 0.274. The van der Waals surface area contributed by atoms with Crippen molar-refractivity contribution in [2.75, 3.05) is 17.2 Å². The lowest BCUT2D eigenvalue weighted by Crippen LogP contribution is -2.18. The standard InChI is InChI=1S/C3H6N6.CH4N2O.CO2.H3N/c4-1-7-2(5)9-3(6)8-1;2-1(3)4;2-1-3;/h(H6,4,5,6,7,8,9);(H4,2,3,4);;1H3. The maximum absolute atomic E-state index is 9.00. The summed E-state index contributed by atoms with van der Waals surface area (Å²) in [4.78, 5) is 35.7. The van der Waals surface area contributed by atoms with E-state index >= 15 is 0 Å². The molecule has 0 unspecified atom stereocenters. The van der Waals surface area contributed by atoms with Crippen LogP contribution >= 0.6 is 0 Å². The Kier molecular flexibility index (Phi) is 12.8. The largest absolute Gasteiger partial charge is 0.373 e. The molecule has 0 saturated heterocycles. The molecule has 13 N–H and O–H groups in total. The zero-order valence-corrected chi connectivity index (χ0v) is 8.66. The summed E-state index contributed by atoms with van der Waals surface area (Å²) in [5, 5.41) is 0. The fourth-order valence-electron chi connectivity index (χ4n) is 0.427. The third-order valence-corrected chi connectivity index (χ3v) is 0.687. The predicted octanol–water partition coefficient (Wildman–Crippen LogP) is -2.78. The Morgan fingerprint density at radius 1 is 0.882 bits per heavy atom. The van der Waals surface area contributed by atoms with Crippen LogP contribution in [0.4, 0.5) is 22.6 Å². The number of carbonyl (C=O) groups is 1. The molecule has 1 heterocycles. The summed E-state index contributed by atoms with van der Waals surface area (Å²) in [6.07, 6.45) is 0.250. The summed E-state index contributed by atoms with van der Waals surface area (Å²) in [5.74, 6) is 0.125. The number of anilines is 3. The van der Waals surface area contributed by atoms with Gasteiger partial charge in [0.1, 0.15) is 0 Å². The van der Waals surface area contributed by atoms with Gasteiger partial charge < -0.3 is 34.8 Å². The van der Waals surface area contributed by atoms with Crippen LogP contribution in [0.3, 0.4) is 0 Å². The van der Waals surface area contributed by atoms with Crippen LogP contribution in [-0.2, 0) is 9.59 Å². The number of rotatable bonds is 0. The minimum atomic E-state index is -0.833. The van der Waals surface area contributed by atoms with Crippen LogP contribution < -0.4 is 34.8 Å². The molecule has 0 aliphatic rings. The summed E-state index contributed by atoms with van der Waals surface area (Å²) in [6.45, 7) is 0. The number of hydrogen-bond acceptors (Lipinski definition) is 10. The second-order valence-electron chi connectivity index (χ2n) is 1.90. The monoisotopic (exact) mass is 247 g/mol. The highest BCUT2D eigenvalue weighted by Crippen LogP contribution is 1.97. The Morgan fingerprint density at radius 3 is 1.12 bits per heavy atom. The third kappa shape index (κ3) is 19.4. The molecule has 0 saturated carbocycles. The van der Waals surface area contributed by atoms with E-state index in [2.05, 4.69) is 26.4 Å². The molecule has 0 aromatic carbocycles. The number of nitrogens with zero attached hydrogens (tertiary/aromatic N) is 3. The smallest absolute Gasteiger partial charge is 0.368 e. The first-order valence-electron chi connectivity index (χ1n) is 3.40. The average molecular weight is 247 g/mol. The number of urea groups is 1. The molecule has 96 valence electrons. The Morgan fingerprint density at radius 2 is 1.00 bits per heavy atom. The second-order valence-corrected chi connectivity index (χ2v) is 1.90. The molecule has 0 bridgehead atoms. The number of primary amides is 2. The van der Waals surface area contributed by atoms with Crippen molar-refractivity contribution in [3.05, 3.63) is 0 Å². The molecule has 1 rings (SSSR count). The normalized spacial score (nSPS) is 6.82. The number of nitrogens with two attached hydrogens (primary N) is 5. The van der Waals surface area contributed by atoms with E-state index in [4.69, 9.17) is 31.6 Å². The van der Waals surface area contributed by atoms with Gasteiger partial charge in [0.25, 0.3) is 0 Å². The third-order valence-electron chi connectivity index (χ3n) is 0.687. The fourth-order valence-corrected chi connectivity index (χ4v) is 0.427. The number of carbonyl (C=O) groups excluding carboxylic acids is 3. The van der Waals surface area contributed by atoms with Gasteiger partial charge in [0.15, 0.2) is 0 Å². The van der Waals surface area contributed by atoms with Crippen LogP contribution in [0.25, 0.3) is 0 Å². The van der Waals surface area contributed by atoms with Gasteiger partial charge in [-0.2, -0.15) is 24.5 Å². The van der Waals surface area contributed by atoms with E-state index in [-0.39, 0.29) is 30.1 Å². The lowest BCUT2D eigenvalue weighted by molar-refractivity contribution is -0.191. The van der Waals surface area contributed by atoms with E-state index < -0.39 is 6.03 Å². The minimum absolute atomic E-state index is 0. The highest BCUT2D eigenvalue weighted by molar-refractivity contribution is 5.69. The lowest BCUT2D eigenvalue weighted by atomic mass is 10.9. The first kappa shape index (κ1) is 19.6. The molecular formula is C5H13N9O3. The van der Waals surface area contributed by atoms with Crippen molar-refractivity contribution in [3.63, 3.8) is 0 Å². The fraction of sp³-hybridized carbons (Fsp3) is 0. The van der Waals surface area contributed by atoms with Crippen molar-refractivity contribution in [1.29, 1.82) is 0 Å². The van der Waals surface area contributed by atoms with Gasteiger partial charge in [0.05, 0.1) is 0 Å². The summed E-state index contributed by atoms with van der Waals surface area (Å²) in [6, 6.07) is -0.833. The molecule has 17 heavy (non-hydrogen) atoms. The Bertz CT molecular complexity index is 320. The SMILES string of the molecule is N.NC(N)=O.Nc1nc(N)nc(N)n1.O=C=O.